The smallest absolute Gasteiger partial charge is 0.244 e. The van der Waals surface area contributed by atoms with Crippen LogP contribution in [0.1, 0.15) is 25.0 Å². The van der Waals surface area contributed by atoms with Crippen molar-refractivity contribution in [3.63, 3.8) is 0 Å². The van der Waals surface area contributed by atoms with Crippen LogP contribution in [-0.2, 0) is 32.6 Å². The number of nitrogens with zero attached hydrogens (tertiary/aromatic N) is 2. The molecular formula is C29H34ClN3O4S. The van der Waals surface area contributed by atoms with Crippen LogP contribution in [0.5, 0.6) is 0 Å². The van der Waals surface area contributed by atoms with Gasteiger partial charge >= 0.3 is 0 Å². The third-order valence-corrected chi connectivity index (χ3v) is 7.40. The third-order valence-electron chi connectivity index (χ3n) is 5.95. The normalized spacial score (nSPS) is 12.1. The zero-order valence-electron chi connectivity index (χ0n) is 21.9. The van der Waals surface area contributed by atoms with Crippen molar-refractivity contribution in [1.29, 1.82) is 0 Å². The highest BCUT2D eigenvalue weighted by molar-refractivity contribution is 7.92. The van der Waals surface area contributed by atoms with Crippen LogP contribution in [0.3, 0.4) is 0 Å². The molecule has 0 radical (unpaired) electrons. The summed E-state index contributed by atoms with van der Waals surface area (Å²) < 4.78 is 26.6. The van der Waals surface area contributed by atoms with Gasteiger partial charge in [-0.3, -0.25) is 13.9 Å². The van der Waals surface area contributed by atoms with Gasteiger partial charge in [0.2, 0.25) is 21.8 Å². The van der Waals surface area contributed by atoms with Crippen molar-refractivity contribution in [2.45, 2.75) is 32.9 Å². The van der Waals surface area contributed by atoms with Crippen molar-refractivity contribution < 1.29 is 18.0 Å². The standard InChI is InChI=1S/C29H34ClN3O4S/c1-22(2)19-31-29(35)27(18-23-12-6-4-7-13-23)32(20-24-14-8-5-9-15-24)28(34)21-33(38(3,36)37)26-17-11-10-16-25(26)30/h4-17,22,27H,18-21H2,1-3H3,(H,31,35). The van der Waals surface area contributed by atoms with Crippen molar-refractivity contribution in [2.24, 2.45) is 5.92 Å². The first-order valence-corrected chi connectivity index (χ1v) is 14.7. The summed E-state index contributed by atoms with van der Waals surface area (Å²) in [5.74, 6) is -0.592. The predicted octanol–water partition coefficient (Wildman–Crippen LogP) is 4.52. The van der Waals surface area contributed by atoms with E-state index < -0.39 is 28.5 Å². The van der Waals surface area contributed by atoms with Gasteiger partial charge in [0, 0.05) is 19.5 Å². The molecule has 0 saturated carbocycles. The number of sulfonamides is 1. The fraction of sp³-hybridized carbons (Fsp3) is 0.310. The maximum atomic E-state index is 14.0. The Bertz CT molecular complexity index is 1320. The summed E-state index contributed by atoms with van der Waals surface area (Å²) in [6.45, 7) is 4.07. The lowest BCUT2D eigenvalue weighted by molar-refractivity contribution is -0.140. The highest BCUT2D eigenvalue weighted by Gasteiger charge is 2.33. The molecule has 0 aromatic heterocycles. The van der Waals surface area contributed by atoms with E-state index in [1.807, 2.05) is 74.5 Å². The molecule has 2 amide bonds. The molecule has 0 heterocycles. The summed E-state index contributed by atoms with van der Waals surface area (Å²) in [5.41, 5.74) is 1.90. The van der Waals surface area contributed by atoms with E-state index in [-0.39, 0.29) is 35.5 Å². The van der Waals surface area contributed by atoms with Crippen LogP contribution in [0.25, 0.3) is 0 Å². The van der Waals surface area contributed by atoms with E-state index in [0.717, 1.165) is 21.7 Å². The Hall–Kier alpha value is -3.36. The number of halogens is 1. The van der Waals surface area contributed by atoms with E-state index in [4.69, 9.17) is 11.6 Å². The molecule has 202 valence electrons. The average Bonchev–Trinajstić information content (AvgIpc) is 2.89. The second-order valence-electron chi connectivity index (χ2n) is 9.57. The summed E-state index contributed by atoms with van der Waals surface area (Å²) in [5, 5.41) is 3.17. The van der Waals surface area contributed by atoms with Crippen molar-refractivity contribution in [3.05, 3.63) is 101 Å². The topological polar surface area (TPSA) is 86.8 Å². The van der Waals surface area contributed by atoms with E-state index >= 15 is 0 Å². The lowest BCUT2D eigenvalue weighted by atomic mass is 10.0. The fourth-order valence-electron chi connectivity index (χ4n) is 4.01. The number of carbonyl (C=O) groups is 2. The molecule has 0 spiro atoms. The lowest BCUT2D eigenvalue weighted by Crippen LogP contribution is -2.53. The van der Waals surface area contributed by atoms with Crippen LogP contribution in [0, 0.1) is 5.92 Å². The number of hydrogen-bond acceptors (Lipinski definition) is 4. The molecule has 1 unspecified atom stereocenters. The average molecular weight is 556 g/mol. The second kappa shape index (κ2) is 13.4. The van der Waals surface area contributed by atoms with Gasteiger partial charge in [-0.15, -0.1) is 0 Å². The molecule has 0 aliphatic rings. The molecule has 0 aliphatic heterocycles. The van der Waals surface area contributed by atoms with E-state index in [2.05, 4.69) is 5.32 Å². The molecule has 7 nitrogen and oxygen atoms in total. The number of rotatable bonds is 12. The summed E-state index contributed by atoms with van der Waals surface area (Å²) in [6.07, 6.45) is 1.30. The van der Waals surface area contributed by atoms with Gasteiger partial charge in [0.05, 0.1) is 17.0 Å². The molecule has 3 rings (SSSR count). The zero-order valence-corrected chi connectivity index (χ0v) is 23.5. The Morgan fingerprint density at radius 1 is 0.868 bits per heavy atom. The van der Waals surface area contributed by atoms with E-state index in [1.54, 1.807) is 24.3 Å². The molecule has 0 saturated heterocycles. The minimum absolute atomic E-state index is 0.131. The van der Waals surface area contributed by atoms with Crippen molar-refractivity contribution in [3.8, 4) is 0 Å². The van der Waals surface area contributed by atoms with Gasteiger partial charge in [-0.1, -0.05) is 98.2 Å². The maximum absolute atomic E-state index is 14.0. The first kappa shape index (κ1) is 29.2. The number of nitrogens with one attached hydrogen (secondary N) is 1. The molecule has 0 bridgehead atoms. The Balaban J connectivity index is 2.03. The van der Waals surface area contributed by atoms with Gasteiger partial charge < -0.3 is 10.2 Å². The van der Waals surface area contributed by atoms with Gasteiger partial charge in [0.15, 0.2) is 0 Å². The van der Waals surface area contributed by atoms with Crippen LogP contribution in [0.2, 0.25) is 5.02 Å². The number of anilines is 1. The predicted molar refractivity (Wildman–Crippen MR) is 152 cm³/mol. The minimum atomic E-state index is -3.87. The number of amides is 2. The largest absolute Gasteiger partial charge is 0.354 e. The molecule has 1 N–H and O–H groups in total. The number of benzene rings is 3. The Morgan fingerprint density at radius 3 is 1.97 bits per heavy atom. The van der Waals surface area contributed by atoms with Gasteiger partial charge in [0.25, 0.3) is 0 Å². The van der Waals surface area contributed by atoms with Crippen LogP contribution in [-0.4, -0.2) is 50.5 Å². The summed E-state index contributed by atoms with van der Waals surface area (Å²) in [4.78, 5) is 29.0. The first-order valence-electron chi connectivity index (χ1n) is 12.4. The maximum Gasteiger partial charge on any atom is 0.244 e. The third kappa shape index (κ3) is 8.33. The van der Waals surface area contributed by atoms with Crippen molar-refractivity contribution in [1.82, 2.24) is 10.2 Å². The molecule has 3 aromatic carbocycles. The zero-order chi connectivity index (χ0) is 27.7. The Morgan fingerprint density at radius 2 is 1.42 bits per heavy atom. The SMILES string of the molecule is CC(C)CNC(=O)C(Cc1ccccc1)N(Cc1ccccc1)C(=O)CN(c1ccccc1Cl)S(C)(=O)=O. The number of para-hydroxylation sites is 1. The lowest BCUT2D eigenvalue weighted by Gasteiger charge is -2.33. The van der Waals surface area contributed by atoms with Gasteiger partial charge in [-0.2, -0.15) is 0 Å². The summed E-state index contributed by atoms with van der Waals surface area (Å²) in [7, 11) is -3.87. The molecular weight excluding hydrogens is 522 g/mol. The van der Waals surface area contributed by atoms with Gasteiger partial charge in [0.1, 0.15) is 12.6 Å². The summed E-state index contributed by atoms with van der Waals surface area (Å²) >= 11 is 6.31. The number of carbonyl (C=O) groups excluding carboxylic acids is 2. The van der Waals surface area contributed by atoms with Crippen LogP contribution in [0.4, 0.5) is 5.69 Å². The molecule has 1 atom stereocenters. The number of hydrogen-bond donors (Lipinski definition) is 1. The monoisotopic (exact) mass is 555 g/mol. The highest BCUT2D eigenvalue weighted by atomic mass is 35.5. The van der Waals surface area contributed by atoms with Crippen molar-refractivity contribution in [2.75, 3.05) is 23.7 Å². The minimum Gasteiger partial charge on any atom is -0.354 e. The van der Waals surface area contributed by atoms with Gasteiger partial charge in [-0.25, -0.2) is 8.42 Å². The quantitative estimate of drug-likeness (QED) is 0.356. The van der Waals surface area contributed by atoms with Gasteiger partial charge in [-0.05, 0) is 29.2 Å². The van der Waals surface area contributed by atoms with Crippen LogP contribution < -0.4 is 9.62 Å². The van der Waals surface area contributed by atoms with Crippen LogP contribution >= 0.6 is 11.6 Å². The Labute approximate surface area is 230 Å². The van der Waals surface area contributed by atoms with Crippen LogP contribution in [0.15, 0.2) is 84.9 Å². The molecule has 0 aliphatic carbocycles. The molecule has 3 aromatic rings. The molecule has 9 heteroatoms. The second-order valence-corrected chi connectivity index (χ2v) is 11.9. The van der Waals surface area contributed by atoms with E-state index in [9.17, 15) is 18.0 Å². The fourth-order valence-corrected chi connectivity index (χ4v) is 5.15. The Kier molecular flexibility index (Phi) is 10.3. The highest BCUT2D eigenvalue weighted by Crippen LogP contribution is 2.27. The molecule has 0 fully saturated rings. The van der Waals surface area contributed by atoms with E-state index in [0.29, 0.717) is 6.54 Å². The van der Waals surface area contributed by atoms with Crippen molar-refractivity contribution >= 4 is 39.1 Å². The van der Waals surface area contributed by atoms with E-state index in [1.165, 1.54) is 4.90 Å². The molecule has 38 heavy (non-hydrogen) atoms. The first-order chi connectivity index (χ1) is 18.1. The summed E-state index contributed by atoms with van der Waals surface area (Å²) in [6, 6.07) is 24.4.